The van der Waals surface area contributed by atoms with Gasteiger partial charge in [-0.15, -0.1) is 0 Å². The monoisotopic (exact) mass is 351 g/mol. The number of fused-ring (bicyclic) bond motifs is 1. The summed E-state index contributed by atoms with van der Waals surface area (Å²) in [5, 5.41) is 6.47. The van der Waals surface area contributed by atoms with E-state index in [2.05, 4.69) is 50.8 Å². The standard InChI is InChI=1S/C15H15BrClN3/c1-3-12-14(16)13(19(2)18-12)9-20-8-7-10-5-4-6-11(17)15(10)20/h4-8H,3,9H2,1-2H3. The molecule has 0 saturated carbocycles. The van der Waals surface area contributed by atoms with Gasteiger partial charge in [-0.2, -0.15) is 5.10 Å². The third-order valence-corrected chi connectivity index (χ3v) is 4.78. The van der Waals surface area contributed by atoms with Crippen molar-refractivity contribution in [3.8, 4) is 0 Å². The number of hydrogen-bond donors (Lipinski definition) is 0. The Labute approximate surface area is 131 Å². The van der Waals surface area contributed by atoms with Crippen molar-refractivity contribution in [2.24, 2.45) is 7.05 Å². The molecule has 0 atom stereocenters. The third kappa shape index (κ3) is 2.17. The maximum absolute atomic E-state index is 6.33. The zero-order valence-electron chi connectivity index (χ0n) is 11.4. The van der Waals surface area contributed by atoms with E-state index in [9.17, 15) is 0 Å². The molecule has 0 bridgehead atoms. The van der Waals surface area contributed by atoms with Gasteiger partial charge in [-0.25, -0.2) is 0 Å². The van der Waals surface area contributed by atoms with Gasteiger partial charge in [-0.3, -0.25) is 4.68 Å². The Morgan fingerprint density at radius 1 is 1.30 bits per heavy atom. The Balaban J connectivity index is 2.08. The van der Waals surface area contributed by atoms with Crippen molar-refractivity contribution < 1.29 is 0 Å². The second-order valence-corrected chi connectivity index (χ2v) is 6.01. The van der Waals surface area contributed by atoms with Crippen molar-refractivity contribution in [1.29, 1.82) is 0 Å². The van der Waals surface area contributed by atoms with Gasteiger partial charge in [0.05, 0.1) is 32.9 Å². The van der Waals surface area contributed by atoms with E-state index in [-0.39, 0.29) is 0 Å². The molecule has 0 unspecified atom stereocenters. The van der Waals surface area contributed by atoms with Crippen LogP contribution in [0.1, 0.15) is 18.3 Å². The van der Waals surface area contributed by atoms with Crippen molar-refractivity contribution in [2.45, 2.75) is 19.9 Å². The summed E-state index contributed by atoms with van der Waals surface area (Å²) in [6.45, 7) is 2.86. The van der Waals surface area contributed by atoms with E-state index in [1.165, 1.54) is 0 Å². The zero-order valence-corrected chi connectivity index (χ0v) is 13.7. The Bertz CT molecular complexity index is 773. The van der Waals surface area contributed by atoms with Crippen LogP contribution in [-0.2, 0) is 20.0 Å². The molecule has 0 amide bonds. The molecule has 3 rings (SSSR count). The van der Waals surface area contributed by atoms with E-state index in [0.717, 1.165) is 44.8 Å². The maximum atomic E-state index is 6.33. The van der Waals surface area contributed by atoms with Gasteiger partial charge < -0.3 is 4.57 Å². The topological polar surface area (TPSA) is 22.8 Å². The van der Waals surface area contributed by atoms with Crippen LogP contribution in [0.5, 0.6) is 0 Å². The van der Waals surface area contributed by atoms with Crippen LogP contribution >= 0.6 is 27.5 Å². The number of benzene rings is 1. The van der Waals surface area contributed by atoms with Crippen LogP contribution in [0, 0.1) is 0 Å². The van der Waals surface area contributed by atoms with Crippen LogP contribution in [0.15, 0.2) is 34.9 Å². The number of aryl methyl sites for hydroxylation is 2. The molecule has 0 aliphatic rings. The molecule has 0 fully saturated rings. The van der Waals surface area contributed by atoms with E-state index in [0.29, 0.717) is 0 Å². The van der Waals surface area contributed by atoms with Crippen LogP contribution < -0.4 is 0 Å². The van der Waals surface area contributed by atoms with Gasteiger partial charge in [0.1, 0.15) is 0 Å². The molecular formula is C15H15BrClN3. The van der Waals surface area contributed by atoms with Crippen LogP contribution in [0.4, 0.5) is 0 Å². The molecule has 0 aliphatic carbocycles. The van der Waals surface area contributed by atoms with Crippen LogP contribution in [-0.4, -0.2) is 14.3 Å². The quantitative estimate of drug-likeness (QED) is 0.685. The summed E-state index contributed by atoms with van der Waals surface area (Å²) in [6.07, 6.45) is 2.99. The summed E-state index contributed by atoms with van der Waals surface area (Å²) in [4.78, 5) is 0. The molecule has 20 heavy (non-hydrogen) atoms. The number of halogens is 2. The molecular weight excluding hydrogens is 338 g/mol. The number of nitrogens with zero attached hydrogens (tertiary/aromatic N) is 3. The number of para-hydroxylation sites is 1. The fourth-order valence-electron chi connectivity index (χ4n) is 2.50. The van der Waals surface area contributed by atoms with Gasteiger partial charge in [0.2, 0.25) is 0 Å². The number of aromatic nitrogens is 3. The first-order chi connectivity index (χ1) is 9.61. The maximum Gasteiger partial charge on any atom is 0.0767 e. The highest BCUT2D eigenvalue weighted by Gasteiger charge is 2.14. The molecule has 0 saturated heterocycles. The van der Waals surface area contributed by atoms with Crippen LogP contribution in [0.3, 0.4) is 0 Å². The van der Waals surface area contributed by atoms with Gasteiger partial charge in [-0.1, -0.05) is 30.7 Å². The lowest BCUT2D eigenvalue weighted by Crippen LogP contribution is -2.05. The average Bonchev–Trinajstić information content (AvgIpc) is 2.96. The SMILES string of the molecule is CCc1nn(C)c(Cn2ccc3cccc(Cl)c32)c1Br. The lowest BCUT2D eigenvalue weighted by Gasteiger charge is -2.08. The minimum absolute atomic E-state index is 0.747. The van der Waals surface area contributed by atoms with Crippen molar-refractivity contribution in [3.63, 3.8) is 0 Å². The molecule has 0 spiro atoms. The summed E-state index contributed by atoms with van der Waals surface area (Å²) in [5.41, 5.74) is 3.31. The summed E-state index contributed by atoms with van der Waals surface area (Å²) in [5.74, 6) is 0. The molecule has 2 heterocycles. The Morgan fingerprint density at radius 3 is 2.80 bits per heavy atom. The molecule has 5 heteroatoms. The van der Waals surface area contributed by atoms with Gasteiger partial charge in [-0.05, 0) is 34.5 Å². The fraction of sp³-hybridized carbons (Fsp3) is 0.267. The first kappa shape index (κ1) is 13.7. The van der Waals surface area contributed by atoms with Crippen LogP contribution in [0.2, 0.25) is 5.02 Å². The second-order valence-electron chi connectivity index (χ2n) is 4.81. The predicted molar refractivity (Wildman–Crippen MR) is 86.3 cm³/mol. The Morgan fingerprint density at radius 2 is 2.10 bits per heavy atom. The molecule has 3 nitrogen and oxygen atoms in total. The van der Waals surface area contributed by atoms with E-state index < -0.39 is 0 Å². The first-order valence-corrected chi connectivity index (χ1v) is 7.72. The zero-order chi connectivity index (χ0) is 14.3. The number of hydrogen-bond acceptors (Lipinski definition) is 1. The van der Waals surface area contributed by atoms with Crippen molar-refractivity contribution in [2.75, 3.05) is 0 Å². The molecule has 3 aromatic rings. The van der Waals surface area contributed by atoms with Crippen molar-refractivity contribution in [1.82, 2.24) is 14.3 Å². The largest absolute Gasteiger partial charge is 0.340 e. The third-order valence-electron chi connectivity index (χ3n) is 3.56. The second kappa shape index (κ2) is 5.26. The van der Waals surface area contributed by atoms with Gasteiger partial charge in [0.25, 0.3) is 0 Å². The van der Waals surface area contributed by atoms with Crippen molar-refractivity contribution in [3.05, 3.63) is 51.3 Å². The fourth-order valence-corrected chi connectivity index (χ4v) is 3.53. The van der Waals surface area contributed by atoms with Gasteiger partial charge in [0, 0.05) is 18.6 Å². The molecule has 2 aromatic heterocycles. The van der Waals surface area contributed by atoms with E-state index in [1.54, 1.807) is 0 Å². The highest BCUT2D eigenvalue weighted by molar-refractivity contribution is 9.10. The average molecular weight is 353 g/mol. The summed E-state index contributed by atoms with van der Waals surface area (Å²) in [7, 11) is 1.98. The molecule has 0 N–H and O–H groups in total. The number of rotatable bonds is 3. The minimum Gasteiger partial charge on any atom is -0.340 e. The van der Waals surface area contributed by atoms with Crippen LogP contribution in [0.25, 0.3) is 10.9 Å². The van der Waals surface area contributed by atoms with Gasteiger partial charge in [0.15, 0.2) is 0 Å². The summed E-state index contributed by atoms with van der Waals surface area (Å²) < 4.78 is 5.20. The smallest absolute Gasteiger partial charge is 0.0767 e. The predicted octanol–water partition coefficient (Wildman–Crippen LogP) is 4.40. The minimum atomic E-state index is 0.747. The molecule has 0 aliphatic heterocycles. The van der Waals surface area contributed by atoms with E-state index in [1.807, 2.05) is 23.9 Å². The Hall–Kier alpha value is -1.26. The molecule has 1 aromatic carbocycles. The first-order valence-electron chi connectivity index (χ1n) is 6.55. The Kier molecular flexibility index (Phi) is 3.61. The van der Waals surface area contributed by atoms with Gasteiger partial charge >= 0.3 is 0 Å². The lowest BCUT2D eigenvalue weighted by atomic mass is 10.2. The molecule has 0 radical (unpaired) electrons. The normalized spacial score (nSPS) is 11.4. The van der Waals surface area contributed by atoms with E-state index >= 15 is 0 Å². The lowest BCUT2D eigenvalue weighted by molar-refractivity contribution is 0.668. The molecule has 104 valence electrons. The van der Waals surface area contributed by atoms with Crippen molar-refractivity contribution >= 4 is 38.4 Å². The highest BCUT2D eigenvalue weighted by atomic mass is 79.9. The highest BCUT2D eigenvalue weighted by Crippen LogP contribution is 2.27. The summed E-state index contributed by atoms with van der Waals surface area (Å²) in [6, 6.07) is 8.07. The summed E-state index contributed by atoms with van der Waals surface area (Å²) >= 11 is 9.99. The van der Waals surface area contributed by atoms with E-state index in [4.69, 9.17) is 11.6 Å².